The van der Waals surface area contributed by atoms with E-state index in [2.05, 4.69) is 20.9 Å². The first kappa shape index (κ1) is 12.9. The van der Waals surface area contributed by atoms with Crippen LogP contribution in [0.1, 0.15) is 27.0 Å². The Morgan fingerprint density at radius 3 is 2.28 bits per heavy atom. The third-order valence-electron chi connectivity index (χ3n) is 2.67. The number of benzene rings is 1. The van der Waals surface area contributed by atoms with Gasteiger partial charge in [-0.1, -0.05) is 15.9 Å². The number of carbonyl (C=O) groups excluding carboxylic acids is 1. The summed E-state index contributed by atoms with van der Waals surface area (Å²) in [7, 11) is 0. The maximum atomic E-state index is 13.0. The van der Waals surface area contributed by atoms with E-state index in [1.54, 1.807) is 12.1 Å². The normalized spacial score (nSPS) is 10.4. The van der Waals surface area contributed by atoms with Gasteiger partial charge in [0, 0.05) is 21.8 Å². The molecule has 0 bridgehead atoms. The first-order valence-corrected chi connectivity index (χ1v) is 6.20. The Hall–Kier alpha value is -1.55. The van der Waals surface area contributed by atoms with Crippen LogP contribution in [0.5, 0.6) is 0 Å². The molecule has 0 amide bonds. The summed E-state index contributed by atoms with van der Waals surface area (Å²) >= 11 is 3.45. The third-order valence-corrected chi connectivity index (χ3v) is 3.92. The molecule has 1 aromatic carbocycles. The van der Waals surface area contributed by atoms with Gasteiger partial charge >= 0.3 is 0 Å². The van der Waals surface area contributed by atoms with E-state index in [0.29, 0.717) is 5.56 Å². The zero-order valence-corrected chi connectivity index (χ0v) is 11.6. The molecule has 0 atom stereocenters. The quantitative estimate of drug-likeness (QED) is 0.789. The smallest absolute Gasteiger partial charge is 0.194 e. The van der Waals surface area contributed by atoms with E-state index in [-0.39, 0.29) is 11.3 Å². The predicted molar refractivity (Wildman–Crippen MR) is 71.2 cm³/mol. The fraction of sp³-hybridized carbons (Fsp3) is 0.143. The van der Waals surface area contributed by atoms with Gasteiger partial charge in [-0.05, 0) is 43.2 Å². The van der Waals surface area contributed by atoms with E-state index in [9.17, 15) is 9.18 Å². The number of pyridine rings is 1. The molecule has 0 saturated heterocycles. The van der Waals surface area contributed by atoms with Crippen LogP contribution in [0.2, 0.25) is 0 Å². The molecule has 4 heteroatoms. The molecule has 2 rings (SSSR count). The average Bonchev–Trinajstić information content (AvgIpc) is 2.34. The summed E-state index contributed by atoms with van der Waals surface area (Å²) in [6, 6.07) is 4.76. The van der Waals surface area contributed by atoms with E-state index in [4.69, 9.17) is 0 Å². The van der Waals surface area contributed by atoms with E-state index in [1.807, 2.05) is 13.8 Å². The lowest BCUT2D eigenvalue weighted by atomic mass is 10.0. The number of rotatable bonds is 2. The minimum Gasteiger partial charge on any atom is -0.289 e. The largest absolute Gasteiger partial charge is 0.289 e. The Labute approximate surface area is 113 Å². The van der Waals surface area contributed by atoms with Crippen molar-refractivity contribution in [2.24, 2.45) is 0 Å². The molecule has 0 N–H and O–H groups in total. The Morgan fingerprint density at radius 1 is 1.11 bits per heavy atom. The first-order valence-electron chi connectivity index (χ1n) is 5.41. The molecular weight excluding hydrogens is 297 g/mol. The minimum atomic E-state index is -0.508. The highest BCUT2D eigenvalue weighted by atomic mass is 79.9. The highest BCUT2D eigenvalue weighted by Gasteiger charge is 2.12. The minimum absolute atomic E-state index is 0.222. The summed E-state index contributed by atoms with van der Waals surface area (Å²) < 4.78 is 14.0. The van der Waals surface area contributed by atoms with Gasteiger partial charge in [0.25, 0.3) is 0 Å². The fourth-order valence-corrected chi connectivity index (χ4v) is 2.01. The van der Waals surface area contributed by atoms with E-state index < -0.39 is 5.82 Å². The van der Waals surface area contributed by atoms with E-state index in [0.717, 1.165) is 21.8 Å². The lowest BCUT2D eigenvalue weighted by Gasteiger charge is -2.07. The van der Waals surface area contributed by atoms with Gasteiger partial charge in [-0.3, -0.25) is 9.78 Å². The molecule has 0 aliphatic rings. The van der Waals surface area contributed by atoms with Crippen molar-refractivity contribution in [2.75, 3.05) is 0 Å². The molecule has 0 aliphatic heterocycles. The van der Waals surface area contributed by atoms with Gasteiger partial charge in [0.05, 0.1) is 6.20 Å². The monoisotopic (exact) mass is 307 g/mol. The van der Waals surface area contributed by atoms with Crippen molar-refractivity contribution in [3.05, 3.63) is 63.1 Å². The van der Waals surface area contributed by atoms with Crippen LogP contribution >= 0.6 is 15.9 Å². The van der Waals surface area contributed by atoms with Crippen molar-refractivity contribution in [2.45, 2.75) is 13.8 Å². The zero-order chi connectivity index (χ0) is 13.3. The Morgan fingerprint density at radius 2 is 1.72 bits per heavy atom. The Bertz CT molecular complexity index is 602. The van der Waals surface area contributed by atoms with E-state index >= 15 is 0 Å². The number of aromatic nitrogens is 1. The van der Waals surface area contributed by atoms with Crippen molar-refractivity contribution in [1.82, 2.24) is 4.98 Å². The maximum absolute atomic E-state index is 13.0. The molecule has 0 radical (unpaired) electrons. The van der Waals surface area contributed by atoms with Crippen molar-refractivity contribution < 1.29 is 9.18 Å². The average molecular weight is 308 g/mol. The standard InChI is InChI=1S/C14H11BrFNO/c1-8-3-10(4-9(2)13(8)15)14(18)11-5-12(16)7-17-6-11/h3-7H,1-2H3. The van der Waals surface area contributed by atoms with Gasteiger partial charge in [0.2, 0.25) is 0 Å². The second kappa shape index (κ2) is 4.98. The van der Waals surface area contributed by atoms with Gasteiger partial charge in [0.1, 0.15) is 5.82 Å². The van der Waals surface area contributed by atoms with Crippen LogP contribution in [0, 0.1) is 19.7 Å². The van der Waals surface area contributed by atoms with Crippen LogP contribution in [0.3, 0.4) is 0 Å². The van der Waals surface area contributed by atoms with Gasteiger partial charge in [-0.25, -0.2) is 4.39 Å². The molecule has 18 heavy (non-hydrogen) atoms. The molecular formula is C14H11BrFNO. The zero-order valence-electron chi connectivity index (χ0n) is 10.00. The molecule has 2 nitrogen and oxygen atoms in total. The molecule has 92 valence electrons. The number of halogens is 2. The summed E-state index contributed by atoms with van der Waals surface area (Å²) in [5, 5.41) is 0. The van der Waals surface area contributed by atoms with Gasteiger partial charge < -0.3 is 0 Å². The maximum Gasteiger partial charge on any atom is 0.194 e. The fourth-order valence-electron chi connectivity index (χ4n) is 1.78. The predicted octanol–water partition coefficient (Wildman–Crippen LogP) is 3.83. The van der Waals surface area contributed by atoms with Crippen molar-refractivity contribution in [3.8, 4) is 0 Å². The second-order valence-corrected chi connectivity index (χ2v) is 4.94. The lowest BCUT2D eigenvalue weighted by Crippen LogP contribution is -2.04. The molecule has 0 aliphatic carbocycles. The van der Waals surface area contributed by atoms with Crippen molar-refractivity contribution in [3.63, 3.8) is 0 Å². The topological polar surface area (TPSA) is 30.0 Å². The van der Waals surface area contributed by atoms with Crippen LogP contribution < -0.4 is 0 Å². The highest BCUT2D eigenvalue weighted by molar-refractivity contribution is 9.10. The van der Waals surface area contributed by atoms with Crippen molar-refractivity contribution >= 4 is 21.7 Å². The van der Waals surface area contributed by atoms with Crippen LogP contribution in [-0.4, -0.2) is 10.8 Å². The number of carbonyl (C=O) groups is 1. The molecule has 0 fully saturated rings. The van der Waals surface area contributed by atoms with E-state index in [1.165, 1.54) is 12.3 Å². The molecule has 1 aromatic heterocycles. The Kier molecular flexibility index (Phi) is 3.57. The highest BCUT2D eigenvalue weighted by Crippen LogP contribution is 2.23. The summed E-state index contributed by atoms with van der Waals surface area (Å²) in [4.78, 5) is 15.9. The number of nitrogens with zero attached hydrogens (tertiary/aromatic N) is 1. The molecule has 0 saturated carbocycles. The number of ketones is 1. The third kappa shape index (κ3) is 2.48. The summed E-state index contributed by atoms with van der Waals surface area (Å²) in [6.07, 6.45) is 2.45. The SMILES string of the molecule is Cc1cc(C(=O)c2cncc(F)c2)cc(C)c1Br. The number of hydrogen-bond acceptors (Lipinski definition) is 2. The van der Waals surface area contributed by atoms with Gasteiger partial charge in [-0.15, -0.1) is 0 Å². The lowest BCUT2D eigenvalue weighted by molar-refractivity contribution is 0.103. The number of aryl methyl sites for hydroxylation is 2. The van der Waals surface area contributed by atoms with Crippen LogP contribution in [-0.2, 0) is 0 Å². The molecule has 1 heterocycles. The summed E-state index contributed by atoms with van der Waals surface area (Å²) in [6.45, 7) is 3.83. The molecule has 0 spiro atoms. The van der Waals surface area contributed by atoms with Crippen LogP contribution in [0.15, 0.2) is 35.1 Å². The van der Waals surface area contributed by atoms with Crippen LogP contribution in [0.4, 0.5) is 4.39 Å². The van der Waals surface area contributed by atoms with Gasteiger partial charge in [0.15, 0.2) is 5.78 Å². The van der Waals surface area contributed by atoms with Crippen molar-refractivity contribution in [1.29, 1.82) is 0 Å². The summed E-state index contributed by atoms with van der Waals surface area (Å²) in [5.74, 6) is -0.730. The second-order valence-electron chi connectivity index (χ2n) is 4.14. The Balaban J connectivity index is 2.47. The first-order chi connectivity index (χ1) is 8.49. The summed E-state index contributed by atoms with van der Waals surface area (Å²) in [5.41, 5.74) is 2.75. The van der Waals surface area contributed by atoms with Gasteiger partial charge in [-0.2, -0.15) is 0 Å². The number of hydrogen-bond donors (Lipinski definition) is 0. The molecule has 0 unspecified atom stereocenters. The van der Waals surface area contributed by atoms with Crippen LogP contribution in [0.25, 0.3) is 0 Å². The molecule has 2 aromatic rings.